The Morgan fingerprint density at radius 2 is 1.64 bits per heavy atom. The second kappa shape index (κ2) is 9.18. The maximum absolute atomic E-state index is 13.3. The molecule has 2 aromatic rings. The van der Waals surface area contributed by atoms with Gasteiger partial charge in [-0.3, -0.25) is 4.79 Å². The summed E-state index contributed by atoms with van der Waals surface area (Å²) >= 11 is 5.96. The standard InChI is InChI=1S/C21H25ClN2O3S/c1-17(25)19-6-10-21(11-7-19)28(26,27)24(15-14-23-12-2-3-13-23)16-18-4-8-20(22)9-5-18/h4-11H,2-3,12-16H2,1H3. The largest absolute Gasteiger partial charge is 0.302 e. The Morgan fingerprint density at radius 3 is 2.21 bits per heavy atom. The van der Waals surface area contributed by atoms with Gasteiger partial charge in [0, 0.05) is 30.2 Å². The highest BCUT2D eigenvalue weighted by Gasteiger charge is 2.26. The Hall–Kier alpha value is -1.73. The van der Waals surface area contributed by atoms with Crippen molar-refractivity contribution in [3.8, 4) is 0 Å². The molecule has 7 heteroatoms. The average molecular weight is 421 g/mol. The molecule has 0 radical (unpaired) electrons. The van der Waals surface area contributed by atoms with Crippen LogP contribution in [0.5, 0.6) is 0 Å². The smallest absolute Gasteiger partial charge is 0.243 e. The molecule has 0 unspecified atom stereocenters. The number of rotatable bonds is 8. The molecule has 0 aromatic heterocycles. The van der Waals surface area contributed by atoms with E-state index in [1.165, 1.54) is 23.4 Å². The average Bonchev–Trinajstić information content (AvgIpc) is 3.20. The number of ketones is 1. The normalized spacial score (nSPS) is 15.2. The lowest BCUT2D eigenvalue weighted by molar-refractivity contribution is 0.101. The van der Waals surface area contributed by atoms with E-state index in [0.29, 0.717) is 23.7 Å². The molecule has 0 amide bonds. The van der Waals surface area contributed by atoms with E-state index in [2.05, 4.69) is 4.90 Å². The minimum atomic E-state index is -3.68. The van der Waals surface area contributed by atoms with Crippen LogP contribution in [0.1, 0.15) is 35.7 Å². The fourth-order valence-corrected chi connectivity index (χ4v) is 4.89. The van der Waals surface area contributed by atoms with E-state index in [0.717, 1.165) is 31.5 Å². The second-order valence-electron chi connectivity index (χ2n) is 7.09. The third-order valence-corrected chi connectivity index (χ3v) is 7.15. The summed E-state index contributed by atoms with van der Waals surface area (Å²) in [5.74, 6) is -0.0870. The van der Waals surface area contributed by atoms with E-state index in [4.69, 9.17) is 11.6 Å². The van der Waals surface area contributed by atoms with Crippen molar-refractivity contribution in [2.75, 3.05) is 26.2 Å². The molecule has 0 spiro atoms. The van der Waals surface area contributed by atoms with Gasteiger partial charge in [-0.1, -0.05) is 35.9 Å². The summed E-state index contributed by atoms with van der Waals surface area (Å²) in [6, 6.07) is 13.4. The van der Waals surface area contributed by atoms with Gasteiger partial charge in [0.25, 0.3) is 0 Å². The Kier molecular flexibility index (Phi) is 6.88. The lowest BCUT2D eigenvalue weighted by Crippen LogP contribution is -2.37. The Balaban J connectivity index is 1.83. The molecule has 0 saturated carbocycles. The van der Waals surface area contributed by atoms with Gasteiger partial charge in [0.15, 0.2) is 5.78 Å². The minimum absolute atomic E-state index is 0.0870. The van der Waals surface area contributed by atoms with Crippen molar-refractivity contribution in [2.24, 2.45) is 0 Å². The van der Waals surface area contributed by atoms with Crippen LogP contribution in [-0.2, 0) is 16.6 Å². The quantitative estimate of drug-likeness (QED) is 0.609. The zero-order valence-corrected chi connectivity index (χ0v) is 17.5. The summed E-state index contributed by atoms with van der Waals surface area (Å²) in [4.78, 5) is 14.0. The molecule has 1 saturated heterocycles. The lowest BCUT2D eigenvalue weighted by Gasteiger charge is -2.25. The minimum Gasteiger partial charge on any atom is -0.302 e. The molecule has 0 atom stereocenters. The molecule has 3 rings (SSSR count). The SMILES string of the molecule is CC(=O)c1ccc(S(=O)(=O)N(CCN2CCCC2)Cc2ccc(Cl)cc2)cc1. The van der Waals surface area contributed by atoms with Gasteiger partial charge in [-0.15, -0.1) is 0 Å². The van der Waals surface area contributed by atoms with Crippen molar-refractivity contribution in [1.82, 2.24) is 9.21 Å². The van der Waals surface area contributed by atoms with Gasteiger partial charge < -0.3 is 4.90 Å². The molecular weight excluding hydrogens is 396 g/mol. The highest BCUT2D eigenvalue weighted by Crippen LogP contribution is 2.21. The number of benzene rings is 2. The number of carbonyl (C=O) groups excluding carboxylic acids is 1. The summed E-state index contributed by atoms with van der Waals surface area (Å²) < 4.78 is 28.1. The molecule has 0 N–H and O–H groups in total. The number of likely N-dealkylation sites (tertiary alicyclic amines) is 1. The fourth-order valence-electron chi connectivity index (χ4n) is 3.35. The van der Waals surface area contributed by atoms with E-state index in [-0.39, 0.29) is 17.2 Å². The molecule has 1 aliphatic rings. The van der Waals surface area contributed by atoms with Crippen LogP contribution in [0.4, 0.5) is 0 Å². The van der Waals surface area contributed by atoms with Crippen molar-refractivity contribution < 1.29 is 13.2 Å². The molecule has 1 aliphatic heterocycles. The third-order valence-electron chi connectivity index (χ3n) is 5.04. The van der Waals surface area contributed by atoms with Crippen LogP contribution in [0.3, 0.4) is 0 Å². The van der Waals surface area contributed by atoms with Crippen molar-refractivity contribution in [3.63, 3.8) is 0 Å². The van der Waals surface area contributed by atoms with Gasteiger partial charge in [0.05, 0.1) is 4.90 Å². The zero-order valence-electron chi connectivity index (χ0n) is 16.0. The Bertz CT molecular complexity index is 906. The van der Waals surface area contributed by atoms with E-state index >= 15 is 0 Å². The van der Waals surface area contributed by atoms with Crippen LogP contribution in [0.25, 0.3) is 0 Å². The predicted octanol–water partition coefficient (Wildman–Crippen LogP) is 3.83. The van der Waals surface area contributed by atoms with Gasteiger partial charge in [-0.2, -0.15) is 4.31 Å². The van der Waals surface area contributed by atoms with Crippen LogP contribution in [0.15, 0.2) is 53.4 Å². The first-order chi connectivity index (χ1) is 13.4. The predicted molar refractivity (Wildman–Crippen MR) is 111 cm³/mol. The second-order valence-corrected chi connectivity index (χ2v) is 9.47. The van der Waals surface area contributed by atoms with Crippen LogP contribution < -0.4 is 0 Å². The van der Waals surface area contributed by atoms with E-state index < -0.39 is 10.0 Å². The Labute approximate surface area is 172 Å². The van der Waals surface area contributed by atoms with Crippen LogP contribution in [-0.4, -0.2) is 49.6 Å². The zero-order chi connectivity index (χ0) is 20.1. The molecule has 5 nitrogen and oxygen atoms in total. The van der Waals surface area contributed by atoms with Crippen LogP contribution in [0, 0.1) is 0 Å². The maximum Gasteiger partial charge on any atom is 0.243 e. The van der Waals surface area contributed by atoms with Crippen molar-refractivity contribution in [1.29, 1.82) is 0 Å². The van der Waals surface area contributed by atoms with E-state index in [9.17, 15) is 13.2 Å². The summed E-state index contributed by atoms with van der Waals surface area (Å²) in [7, 11) is -3.68. The summed E-state index contributed by atoms with van der Waals surface area (Å²) in [6.45, 7) is 4.90. The van der Waals surface area contributed by atoms with Crippen molar-refractivity contribution in [2.45, 2.75) is 31.2 Å². The number of carbonyl (C=O) groups is 1. The van der Waals surface area contributed by atoms with E-state index in [1.54, 1.807) is 24.3 Å². The number of sulfonamides is 1. The van der Waals surface area contributed by atoms with Gasteiger partial charge in [-0.25, -0.2) is 8.42 Å². The number of hydrogen-bond acceptors (Lipinski definition) is 4. The first kappa shape index (κ1) is 21.0. The first-order valence-electron chi connectivity index (χ1n) is 9.44. The number of Topliss-reactive ketones (excluding diaryl/α,β-unsaturated/α-hetero) is 1. The van der Waals surface area contributed by atoms with Gasteiger partial charge in [-0.05, 0) is 62.7 Å². The molecular formula is C21H25ClN2O3S. The molecule has 0 bridgehead atoms. The molecule has 0 aliphatic carbocycles. The summed E-state index contributed by atoms with van der Waals surface area (Å²) in [5, 5.41) is 0.620. The number of halogens is 1. The van der Waals surface area contributed by atoms with E-state index in [1.807, 2.05) is 12.1 Å². The van der Waals surface area contributed by atoms with Crippen molar-refractivity contribution >= 4 is 27.4 Å². The maximum atomic E-state index is 13.3. The molecule has 150 valence electrons. The third kappa shape index (κ3) is 5.20. The fraction of sp³-hybridized carbons (Fsp3) is 0.381. The van der Waals surface area contributed by atoms with Crippen LogP contribution >= 0.6 is 11.6 Å². The summed E-state index contributed by atoms with van der Waals surface area (Å²) in [5.41, 5.74) is 1.38. The molecule has 28 heavy (non-hydrogen) atoms. The molecule has 1 fully saturated rings. The van der Waals surface area contributed by atoms with Crippen molar-refractivity contribution in [3.05, 3.63) is 64.7 Å². The molecule has 2 aromatic carbocycles. The molecule has 1 heterocycles. The van der Waals surface area contributed by atoms with Gasteiger partial charge in [0.1, 0.15) is 0 Å². The number of nitrogens with zero attached hydrogens (tertiary/aromatic N) is 2. The van der Waals surface area contributed by atoms with Gasteiger partial charge in [0.2, 0.25) is 10.0 Å². The topological polar surface area (TPSA) is 57.7 Å². The van der Waals surface area contributed by atoms with Gasteiger partial charge >= 0.3 is 0 Å². The highest BCUT2D eigenvalue weighted by atomic mass is 35.5. The first-order valence-corrected chi connectivity index (χ1v) is 11.3. The lowest BCUT2D eigenvalue weighted by atomic mass is 10.2. The monoisotopic (exact) mass is 420 g/mol. The Morgan fingerprint density at radius 1 is 1.04 bits per heavy atom. The van der Waals surface area contributed by atoms with Crippen LogP contribution in [0.2, 0.25) is 5.02 Å². The number of hydrogen-bond donors (Lipinski definition) is 0. The summed E-state index contributed by atoms with van der Waals surface area (Å²) in [6.07, 6.45) is 2.33. The highest BCUT2D eigenvalue weighted by molar-refractivity contribution is 7.89.